The lowest BCUT2D eigenvalue weighted by molar-refractivity contribution is -0.140. The number of phenolic OH excluding ortho intramolecular Hbond substituents is 1. The highest BCUT2D eigenvalue weighted by molar-refractivity contribution is 6.46. The van der Waals surface area contributed by atoms with Crippen molar-refractivity contribution in [1.29, 1.82) is 0 Å². The number of ether oxygens (including phenoxy) is 3. The number of aliphatic hydroxyl groups excluding tert-OH is 1. The molecule has 2 aliphatic heterocycles. The number of likely N-dealkylation sites (tertiary alicyclic amines) is 1. The molecule has 2 unspecified atom stereocenters. The molecule has 8 heteroatoms. The number of aromatic hydroxyl groups is 1. The topological polar surface area (TPSA) is 106 Å². The van der Waals surface area contributed by atoms with Crippen LogP contribution in [0.3, 0.4) is 0 Å². The molecule has 0 aliphatic carbocycles. The van der Waals surface area contributed by atoms with Gasteiger partial charge in [-0.15, -0.1) is 0 Å². The van der Waals surface area contributed by atoms with Crippen LogP contribution in [0.25, 0.3) is 5.76 Å². The Hall–Kier alpha value is -3.52. The van der Waals surface area contributed by atoms with Gasteiger partial charge in [0.25, 0.3) is 11.7 Å². The molecule has 0 radical (unpaired) electrons. The molecule has 2 atom stereocenters. The fraction of sp³-hybridized carbons (Fsp3) is 0.385. The van der Waals surface area contributed by atoms with Crippen molar-refractivity contribution in [3.63, 3.8) is 0 Å². The van der Waals surface area contributed by atoms with E-state index in [1.54, 1.807) is 36.4 Å². The fourth-order valence-electron chi connectivity index (χ4n) is 4.41. The van der Waals surface area contributed by atoms with E-state index in [1.165, 1.54) is 18.1 Å². The van der Waals surface area contributed by atoms with E-state index >= 15 is 0 Å². The van der Waals surface area contributed by atoms with Crippen LogP contribution >= 0.6 is 0 Å². The first-order valence-corrected chi connectivity index (χ1v) is 11.4. The van der Waals surface area contributed by atoms with Gasteiger partial charge >= 0.3 is 0 Å². The van der Waals surface area contributed by atoms with E-state index in [-0.39, 0.29) is 35.5 Å². The largest absolute Gasteiger partial charge is 0.507 e. The Morgan fingerprint density at radius 3 is 2.71 bits per heavy atom. The molecule has 2 aromatic rings. The van der Waals surface area contributed by atoms with Crippen molar-refractivity contribution in [2.24, 2.45) is 0 Å². The molecule has 0 spiro atoms. The number of ketones is 1. The maximum Gasteiger partial charge on any atom is 0.295 e. The van der Waals surface area contributed by atoms with Gasteiger partial charge in [0.15, 0.2) is 11.5 Å². The van der Waals surface area contributed by atoms with Gasteiger partial charge in [0.05, 0.1) is 31.4 Å². The average Bonchev–Trinajstić information content (AvgIpc) is 3.45. The molecule has 180 valence electrons. The van der Waals surface area contributed by atoms with Gasteiger partial charge in [-0.3, -0.25) is 9.59 Å². The number of methoxy groups -OCH3 is 1. The van der Waals surface area contributed by atoms with Crippen molar-refractivity contribution in [1.82, 2.24) is 4.90 Å². The quantitative estimate of drug-likeness (QED) is 0.346. The summed E-state index contributed by atoms with van der Waals surface area (Å²) in [6.07, 6.45) is 2.29. The van der Waals surface area contributed by atoms with Crippen LogP contribution < -0.4 is 9.47 Å². The maximum absolute atomic E-state index is 13.2. The van der Waals surface area contributed by atoms with Crippen molar-refractivity contribution in [3.05, 3.63) is 59.2 Å². The third-order valence-electron chi connectivity index (χ3n) is 6.06. The van der Waals surface area contributed by atoms with Crippen LogP contribution in [0.4, 0.5) is 0 Å². The summed E-state index contributed by atoms with van der Waals surface area (Å²) >= 11 is 0. The van der Waals surface area contributed by atoms with Crippen LogP contribution in [0.2, 0.25) is 0 Å². The number of hydrogen-bond donors (Lipinski definition) is 2. The van der Waals surface area contributed by atoms with Crippen LogP contribution in [-0.2, 0) is 14.3 Å². The van der Waals surface area contributed by atoms with Gasteiger partial charge in [0.1, 0.15) is 11.5 Å². The van der Waals surface area contributed by atoms with Crippen LogP contribution in [0.1, 0.15) is 43.4 Å². The number of Topliss-reactive ketones (excluding diaryl/α,β-unsaturated/α-hetero) is 1. The van der Waals surface area contributed by atoms with E-state index in [1.807, 2.05) is 6.92 Å². The summed E-state index contributed by atoms with van der Waals surface area (Å²) in [5.41, 5.74) is 0.807. The lowest BCUT2D eigenvalue weighted by Crippen LogP contribution is -2.36. The highest BCUT2D eigenvalue weighted by atomic mass is 16.5. The summed E-state index contributed by atoms with van der Waals surface area (Å²) in [5.74, 6) is -1.10. The van der Waals surface area contributed by atoms with E-state index in [0.29, 0.717) is 30.1 Å². The van der Waals surface area contributed by atoms with Crippen molar-refractivity contribution >= 4 is 17.4 Å². The van der Waals surface area contributed by atoms with Crippen molar-refractivity contribution < 1.29 is 34.0 Å². The number of aliphatic hydroxyl groups is 1. The predicted molar refractivity (Wildman–Crippen MR) is 125 cm³/mol. The summed E-state index contributed by atoms with van der Waals surface area (Å²) in [5, 5.41) is 21.6. The first-order valence-electron chi connectivity index (χ1n) is 11.4. The van der Waals surface area contributed by atoms with Crippen molar-refractivity contribution in [3.8, 4) is 17.2 Å². The Morgan fingerprint density at radius 2 is 2.03 bits per heavy atom. The minimum absolute atomic E-state index is 0.0415. The Bertz CT molecular complexity index is 1100. The van der Waals surface area contributed by atoms with Crippen LogP contribution in [-0.4, -0.2) is 59.8 Å². The number of benzene rings is 2. The molecule has 2 aliphatic rings. The maximum atomic E-state index is 13.2. The van der Waals surface area contributed by atoms with Gasteiger partial charge in [0, 0.05) is 18.7 Å². The minimum Gasteiger partial charge on any atom is -0.507 e. The highest BCUT2D eigenvalue weighted by Gasteiger charge is 2.47. The molecule has 2 aromatic carbocycles. The standard InChI is InChI=1S/C26H29NO7/c1-3-11-33-18-7-4-6-17(13-18)24(29)22-23(16-9-10-21(32-2)20(28)14-16)27(26(31)25(22)30)15-19-8-5-12-34-19/h4,6-7,9-10,13-14,19,23,28-29H,3,5,8,11-12,15H2,1-2H3/b24-22-. The Kier molecular flexibility index (Phi) is 7.07. The van der Waals surface area contributed by atoms with Gasteiger partial charge in [-0.05, 0) is 49.1 Å². The highest BCUT2D eigenvalue weighted by Crippen LogP contribution is 2.42. The molecule has 0 saturated carbocycles. The number of hydrogen-bond acceptors (Lipinski definition) is 7. The Morgan fingerprint density at radius 1 is 1.21 bits per heavy atom. The normalized spacial score (nSPS) is 21.8. The number of rotatable bonds is 8. The number of amides is 1. The zero-order chi connectivity index (χ0) is 24.2. The zero-order valence-corrected chi connectivity index (χ0v) is 19.3. The summed E-state index contributed by atoms with van der Waals surface area (Å²) in [7, 11) is 1.44. The van der Waals surface area contributed by atoms with Crippen LogP contribution in [0, 0.1) is 0 Å². The van der Waals surface area contributed by atoms with E-state index in [9.17, 15) is 19.8 Å². The summed E-state index contributed by atoms with van der Waals surface area (Å²) < 4.78 is 16.5. The number of carbonyl (C=O) groups excluding carboxylic acids is 2. The molecule has 4 rings (SSSR count). The monoisotopic (exact) mass is 467 g/mol. The third kappa shape index (κ3) is 4.59. The van der Waals surface area contributed by atoms with E-state index in [0.717, 1.165) is 19.3 Å². The second kappa shape index (κ2) is 10.2. The van der Waals surface area contributed by atoms with Gasteiger partial charge in [-0.2, -0.15) is 0 Å². The molecule has 2 fully saturated rings. The third-order valence-corrected chi connectivity index (χ3v) is 6.06. The summed E-state index contributed by atoms with van der Waals surface area (Å²) in [6.45, 7) is 3.32. The van der Waals surface area contributed by atoms with Gasteiger partial charge in [0.2, 0.25) is 0 Å². The lowest BCUT2D eigenvalue weighted by atomic mass is 9.94. The second-order valence-electron chi connectivity index (χ2n) is 8.39. The molecule has 0 aromatic heterocycles. The molecule has 2 heterocycles. The smallest absolute Gasteiger partial charge is 0.295 e. The van der Waals surface area contributed by atoms with E-state index in [4.69, 9.17) is 14.2 Å². The lowest BCUT2D eigenvalue weighted by Gasteiger charge is -2.27. The molecular formula is C26H29NO7. The SMILES string of the molecule is CCCOc1cccc(/C(O)=C2/C(=O)C(=O)N(CC3CCCO3)C2c2ccc(OC)c(O)c2)c1. The summed E-state index contributed by atoms with van der Waals surface area (Å²) in [6, 6.07) is 10.6. The van der Waals surface area contributed by atoms with Crippen molar-refractivity contribution in [2.45, 2.75) is 38.3 Å². The molecule has 1 amide bonds. The van der Waals surface area contributed by atoms with E-state index in [2.05, 4.69) is 0 Å². The van der Waals surface area contributed by atoms with Crippen LogP contribution in [0.5, 0.6) is 17.2 Å². The van der Waals surface area contributed by atoms with Gasteiger partial charge in [-0.25, -0.2) is 0 Å². The number of phenols is 1. The molecule has 0 bridgehead atoms. The van der Waals surface area contributed by atoms with Crippen molar-refractivity contribution in [2.75, 3.05) is 26.9 Å². The first-order chi connectivity index (χ1) is 16.4. The molecule has 8 nitrogen and oxygen atoms in total. The summed E-state index contributed by atoms with van der Waals surface area (Å²) in [4.78, 5) is 27.7. The van der Waals surface area contributed by atoms with Gasteiger partial charge in [-0.1, -0.05) is 25.1 Å². The fourth-order valence-corrected chi connectivity index (χ4v) is 4.41. The first kappa shape index (κ1) is 23.6. The van der Waals surface area contributed by atoms with Gasteiger partial charge < -0.3 is 29.3 Å². The molecule has 34 heavy (non-hydrogen) atoms. The Balaban J connectivity index is 1.80. The number of carbonyl (C=O) groups is 2. The average molecular weight is 468 g/mol. The predicted octanol–water partition coefficient (Wildman–Crippen LogP) is 3.79. The Labute approximate surface area is 198 Å². The molecule has 2 saturated heterocycles. The molecule has 2 N–H and O–H groups in total. The number of nitrogens with zero attached hydrogens (tertiary/aromatic N) is 1. The van der Waals surface area contributed by atoms with E-state index < -0.39 is 17.7 Å². The molecular weight excluding hydrogens is 438 g/mol. The zero-order valence-electron chi connectivity index (χ0n) is 19.3. The minimum atomic E-state index is -0.888. The van der Waals surface area contributed by atoms with Crippen LogP contribution in [0.15, 0.2) is 48.0 Å². The second-order valence-corrected chi connectivity index (χ2v) is 8.39.